The van der Waals surface area contributed by atoms with Gasteiger partial charge in [0.25, 0.3) is 5.91 Å². The van der Waals surface area contributed by atoms with Crippen LogP contribution in [0.25, 0.3) is 11.3 Å². The van der Waals surface area contributed by atoms with Gasteiger partial charge in [-0.15, -0.1) is 0 Å². The molecule has 10 heteroatoms. The Kier molecular flexibility index (Phi) is 7.33. The predicted octanol–water partition coefficient (Wildman–Crippen LogP) is 3.28. The first-order chi connectivity index (χ1) is 17.7. The van der Waals surface area contributed by atoms with Gasteiger partial charge in [-0.25, -0.2) is 9.37 Å². The zero-order chi connectivity index (χ0) is 26.3. The Labute approximate surface area is 222 Å². The van der Waals surface area contributed by atoms with Gasteiger partial charge in [-0.3, -0.25) is 9.69 Å². The molecule has 1 amide bonds. The van der Waals surface area contributed by atoms with Crippen molar-refractivity contribution in [1.29, 1.82) is 0 Å². The van der Waals surface area contributed by atoms with E-state index in [-0.39, 0.29) is 45.6 Å². The zero-order valence-electron chi connectivity index (χ0n) is 21.9. The van der Waals surface area contributed by atoms with Crippen LogP contribution in [-0.2, 0) is 4.74 Å². The number of amides is 1. The van der Waals surface area contributed by atoms with E-state index in [1.807, 2.05) is 4.90 Å². The lowest BCUT2D eigenvalue weighted by Gasteiger charge is -2.36. The van der Waals surface area contributed by atoms with Crippen LogP contribution >= 0.6 is 11.6 Å². The average Bonchev–Trinajstić information content (AvgIpc) is 3.12. The molecule has 3 aliphatic heterocycles. The van der Waals surface area contributed by atoms with E-state index in [1.165, 1.54) is 6.07 Å². The number of hydrogen-bond acceptors (Lipinski definition) is 7. The molecule has 4 heterocycles. The van der Waals surface area contributed by atoms with Crippen LogP contribution in [0.4, 0.5) is 10.2 Å². The Hall–Kier alpha value is -2.46. The molecule has 0 radical (unpaired) electrons. The number of carbonyl (C=O) groups is 1. The first kappa shape index (κ1) is 26.2. The number of pyridine rings is 1. The maximum absolute atomic E-state index is 15.0. The predicted molar refractivity (Wildman–Crippen MR) is 142 cm³/mol. The lowest BCUT2D eigenvalue weighted by molar-refractivity contribution is 0.0606. The Morgan fingerprint density at radius 3 is 2.89 bits per heavy atom. The molecule has 37 heavy (non-hydrogen) atoms. The van der Waals surface area contributed by atoms with E-state index in [2.05, 4.69) is 36.0 Å². The summed E-state index contributed by atoms with van der Waals surface area (Å²) in [5, 5.41) is 3.50. The van der Waals surface area contributed by atoms with Gasteiger partial charge in [-0.1, -0.05) is 23.7 Å². The SMILES string of the molecule is COCCN(C)C1CN(c2nc(-c3ccccc3F)c(Cl)c3c2C(=O)N2CCNC[C@@H]2CO3)C(C)(C)C1. The van der Waals surface area contributed by atoms with Crippen molar-refractivity contribution in [3.05, 3.63) is 40.7 Å². The molecule has 8 nitrogen and oxygen atoms in total. The van der Waals surface area contributed by atoms with Crippen LogP contribution < -0.4 is 15.0 Å². The van der Waals surface area contributed by atoms with Crippen molar-refractivity contribution >= 4 is 23.3 Å². The smallest absolute Gasteiger partial charge is 0.261 e. The third kappa shape index (κ3) is 4.78. The Morgan fingerprint density at radius 2 is 2.14 bits per heavy atom. The number of nitrogens with one attached hydrogen (secondary N) is 1. The highest BCUT2D eigenvalue weighted by Crippen LogP contribution is 2.46. The summed E-state index contributed by atoms with van der Waals surface area (Å²) in [4.78, 5) is 25.3. The van der Waals surface area contributed by atoms with Crippen molar-refractivity contribution in [3.63, 3.8) is 0 Å². The first-order valence-electron chi connectivity index (χ1n) is 12.8. The van der Waals surface area contributed by atoms with Crippen molar-refractivity contribution in [3.8, 4) is 17.0 Å². The van der Waals surface area contributed by atoms with Crippen molar-refractivity contribution in [2.24, 2.45) is 0 Å². The molecule has 0 bridgehead atoms. The number of aromatic nitrogens is 1. The number of hydrogen-bond donors (Lipinski definition) is 1. The number of anilines is 1. The van der Waals surface area contributed by atoms with Crippen LogP contribution in [0.5, 0.6) is 5.75 Å². The van der Waals surface area contributed by atoms with Crippen LogP contribution in [0.1, 0.15) is 30.6 Å². The van der Waals surface area contributed by atoms with E-state index in [1.54, 1.807) is 25.3 Å². The highest BCUT2D eigenvalue weighted by Gasteiger charge is 2.45. The van der Waals surface area contributed by atoms with E-state index in [0.717, 1.165) is 13.0 Å². The van der Waals surface area contributed by atoms with Crippen LogP contribution in [0.15, 0.2) is 24.3 Å². The topological polar surface area (TPSA) is 70.2 Å². The number of rotatable bonds is 6. The normalized spacial score (nSPS) is 23.1. The summed E-state index contributed by atoms with van der Waals surface area (Å²) in [6.07, 6.45) is 0.868. The number of likely N-dealkylation sites (N-methyl/N-ethyl adjacent to an activating group) is 1. The fourth-order valence-electron chi connectivity index (χ4n) is 5.68. The van der Waals surface area contributed by atoms with Crippen LogP contribution in [0, 0.1) is 5.82 Å². The van der Waals surface area contributed by atoms with Gasteiger partial charge < -0.3 is 24.6 Å². The molecule has 2 saturated heterocycles. The Morgan fingerprint density at radius 1 is 1.35 bits per heavy atom. The van der Waals surface area contributed by atoms with Gasteiger partial charge in [0.05, 0.1) is 18.3 Å². The van der Waals surface area contributed by atoms with Crippen LogP contribution in [0.2, 0.25) is 5.02 Å². The minimum Gasteiger partial charge on any atom is -0.489 e. The Balaban J connectivity index is 1.66. The lowest BCUT2D eigenvalue weighted by atomic mass is 9.98. The number of nitrogens with zero attached hydrogens (tertiary/aromatic N) is 4. The largest absolute Gasteiger partial charge is 0.489 e. The summed E-state index contributed by atoms with van der Waals surface area (Å²) in [6.45, 7) is 8.62. The molecule has 2 atom stereocenters. The van der Waals surface area contributed by atoms with E-state index < -0.39 is 5.82 Å². The maximum Gasteiger partial charge on any atom is 0.261 e. The highest BCUT2D eigenvalue weighted by molar-refractivity contribution is 6.35. The van der Waals surface area contributed by atoms with E-state index in [4.69, 9.17) is 26.1 Å². The minimum atomic E-state index is -0.428. The molecule has 1 unspecified atom stereocenters. The maximum atomic E-state index is 15.0. The molecule has 1 aromatic carbocycles. The fourth-order valence-corrected chi connectivity index (χ4v) is 5.97. The summed E-state index contributed by atoms with van der Waals surface area (Å²) in [5.41, 5.74) is 0.610. The average molecular weight is 532 g/mol. The van der Waals surface area contributed by atoms with Gasteiger partial charge in [0, 0.05) is 57.0 Å². The fraction of sp³-hybridized carbons (Fsp3) is 0.556. The molecule has 1 N–H and O–H groups in total. The summed E-state index contributed by atoms with van der Waals surface area (Å²) in [7, 11) is 3.79. The molecule has 1 aromatic heterocycles. The van der Waals surface area contributed by atoms with E-state index in [9.17, 15) is 9.18 Å². The number of ether oxygens (including phenoxy) is 2. The van der Waals surface area contributed by atoms with Gasteiger partial charge >= 0.3 is 0 Å². The van der Waals surface area contributed by atoms with Crippen molar-refractivity contribution < 1.29 is 18.7 Å². The van der Waals surface area contributed by atoms with E-state index >= 15 is 0 Å². The number of carbonyl (C=O) groups excluding carboxylic acids is 1. The molecule has 3 aliphatic rings. The summed E-state index contributed by atoms with van der Waals surface area (Å²) in [6, 6.07) is 6.53. The molecule has 2 fully saturated rings. The van der Waals surface area contributed by atoms with Crippen molar-refractivity contribution in [2.75, 3.05) is 65.0 Å². The molecule has 0 aliphatic carbocycles. The van der Waals surface area contributed by atoms with Gasteiger partial charge in [0.2, 0.25) is 0 Å². The number of fused-ring (bicyclic) bond motifs is 2. The molecule has 200 valence electrons. The highest BCUT2D eigenvalue weighted by atomic mass is 35.5. The number of methoxy groups -OCH3 is 1. The lowest BCUT2D eigenvalue weighted by Crippen LogP contribution is -2.55. The van der Waals surface area contributed by atoms with Gasteiger partial charge in [0.1, 0.15) is 28.8 Å². The number of benzene rings is 1. The molecular weight excluding hydrogens is 497 g/mol. The molecule has 0 saturated carbocycles. The third-order valence-corrected chi connectivity index (χ3v) is 8.19. The second-order valence-corrected chi connectivity index (χ2v) is 11.1. The van der Waals surface area contributed by atoms with Crippen LogP contribution in [-0.4, -0.2) is 98.4 Å². The minimum absolute atomic E-state index is 0.117. The second kappa shape index (κ2) is 10.4. The summed E-state index contributed by atoms with van der Waals surface area (Å²) >= 11 is 6.87. The van der Waals surface area contributed by atoms with Gasteiger partial charge in [-0.2, -0.15) is 0 Å². The molecule has 2 aromatic rings. The van der Waals surface area contributed by atoms with Gasteiger partial charge in [-0.05, 0) is 39.4 Å². The first-order valence-corrected chi connectivity index (χ1v) is 13.2. The standard InChI is InChI=1S/C27H35ClFN5O3/c1-27(2)13-17(32(3)11-12-36-4)15-34(27)25-21-24(37-16-18-14-30-9-10-33(18)26(21)35)22(28)23(31-25)19-7-5-6-8-20(19)29/h5-8,17-18,30H,9-16H2,1-4H3/t17?,18-/m1/s1. The third-order valence-electron chi connectivity index (χ3n) is 7.84. The van der Waals surface area contributed by atoms with Crippen molar-refractivity contribution in [1.82, 2.24) is 20.1 Å². The number of halogens is 2. The number of piperazine rings is 1. The molecule has 0 spiro atoms. The van der Waals surface area contributed by atoms with Crippen LogP contribution in [0.3, 0.4) is 0 Å². The zero-order valence-corrected chi connectivity index (χ0v) is 22.6. The van der Waals surface area contributed by atoms with Crippen molar-refractivity contribution in [2.45, 2.75) is 37.9 Å². The van der Waals surface area contributed by atoms with E-state index in [0.29, 0.717) is 50.8 Å². The quantitative estimate of drug-likeness (QED) is 0.613. The summed E-state index contributed by atoms with van der Waals surface area (Å²) < 4.78 is 26.5. The molecular formula is C27H35ClFN5O3. The summed E-state index contributed by atoms with van der Waals surface area (Å²) in [5.74, 6) is 0.212. The monoisotopic (exact) mass is 531 g/mol. The molecule has 5 rings (SSSR count). The van der Waals surface area contributed by atoms with Gasteiger partial charge in [0.15, 0.2) is 5.75 Å². The Bertz CT molecular complexity index is 1180. The second-order valence-electron chi connectivity index (χ2n) is 10.7.